The number of aromatic nitrogens is 2. The van der Waals surface area contributed by atoms with E-state index in [4.69, 9.17) is 0 Å². The van der Waals surface area contributed by atoms with Crippen molar-refractivity contribution in [3.63, 3.8) is 0 Å². The van der Waals surface area contributed by atoms with Crippen LogP contribution in [0.5, 0.6) is 0 Å². The summed E-state index contributed by atoms with van der Waals surface area (Å²) in [6.07, 6.45) is 6.40. The van der Waals surface area contributed by atoms with Gasteiger partial charge in [-0.1, -0.05) is 0 Å². The quantitative estimate of drug-likeness (QED) is 0.784. The minimum Gasteiger partial charge on any atom is -0.340 e. The second-order valence-corrected chi connectivity index (χ2v) is 7.23. The van der Waals surface area contributed by atoms with E-state index in [9.17, 15) is 9.59 Å². The predicted molar refractivity (Wildman–Crippen MR) is 87.9 cm³/mol. The molecule has 1 atom stereocenters. The maximum atomic E-state index is 12.7. The molecule has 2 aliphatic heterocycles. The van der Waals surface area contributed by atoms with Crippen LogP contribution in [0, 0.1) is 5.92 Å². The summed E-state index contributed by atoms with van der Waals surface area (Å²) in [6, 6.07) is 0.421. The van der Waals surface area contributed by atoms with Crippen molar-refractivity contribution in [2.45, 2.75) is 31.8 Å². The molecule has 1 aromatic rings. The molecule has 1 aromatic heterocycles. The molecule has 24 heavy (non-hydrogen) atoms. The van der Waals surface area contributed by atoms with Crippen LogP contribution in [-0.2, 0) is 23.2 Å². The van der Waals surface area contributed by atoms with Gasteiger partial charge in [-0.2, -0.15) is 0 Å². The topological polar surface area (TPSA) is 61.7 Å². The predicted octanol–water partition coefficient (Wildman–Crippen LogP) is 0.0752. The number of likely N-dealkylation sites (tertiary alicyclic amines) is 1. The summed E-state index contributed by atoms with van der Waals surface area (Å²) in [7, 11) is 2.00. The monoisotopic (exact) mass is 331 g/mol. The lowest BCUT2D eigenvalue weighted by Crippen LogP contribution is -2.50. The number of amides is 2. The van der Waals surface area contributed by atoms with Crippen LogP contribution in [0.3, 0.4) is 0 Å². The van der Waals surface area contributed by atoms with Crippen LogP contribution in [0.4, 0.5) is 0 Å². The summed E-state index contributed by atoms with van der Waals surface area (Å²) in [5.41, 5.74) is 0. The maximum Gasteiger partial charge on any atom is 0.228 e. The molecule has 0 bridgehead atoms. The van der Waals surface area contributed by atoms with Crippen molar-refractivity contribution in [1.29, 1.82) is 0 Å². The van der Waals surface area contributed by atoms with Crippen LogP contribution in [0.25, 0.3) is 0 Å². The summed E-state index contributed by atoms with van der Waals surface area (Å²) >= 11 is 0. The van der Waals surface area contributed by atoms with E-state index in [1.807, 2.05) is 33.8 Å². The van der Waals surface area contributed by atoms with E-state index in [0.717, 1.165) is 51.4 Å². The summed E-state index contributed by atoms with van der Waals surface area (Å²) in [5, 5.41) is 0. The van der Waals surface area contributed by atoms with E-state index >= 15 is 0 Å². The molecular weight excluding hydrogens is 306 g/mol. The third-order valence-corrected chi connectivity index (χ3v) is 5.47. The molecule has 3 aliphatic rings. The van der Waals surface area contributed by atoms with Crippen molar-refractivity contribution in [2.75, 3.05) is 32.7 Å². The first-order valence-electron chi connectivity index (χ1n) is 8.88. The Kier molecular flexibility index (Phi) is 4.04. The van der Waals surface area contributed by atoms with Crippen LogP contribution in [0.15, 0.2) is 12.4 Å². The lowest BCUT2D eigenvalue weighted by molar-refractivity contribution is -0.137. The van der Waals surface area contributed by atoms with Gasteiger partial charge in [0.2, 0.25) is 11.8 Å². The van der Waals surface area contributed by atoms with Gasteiger partial charge in [0, 0.05) is 64.6 Å². The number of piperazine rings is 1. The highest BCUT2D eigenvalue weighted by Crippen LogP contribution is 2.33. The zero-order valence-corrected chi connectivity index (χ0v) is 14.2. The number of nitrogens with zero attached hydrogens (tertiary/aromatic N) is 5. The summed E-state index contributed by atoms with van der Waals surface area (Å²) < 4.78 is 2.04. The van der Waals surface area contributed by atoms with Gasteiger partial charge in [-0.15, -0.1) is 0 Å². The average Bonchev–Trinajstić information content (AvgIpc) is 3.24. The standard InChI is InChI=1S/C17H25N5O2/c1-19-5-4-18-15(19)12-20-6-8-21(9-7-20)17(24)13-10-16(23)22(11-13)14-2-3-14/h4-5,13-14H,2-3,6-12H2,1H3. The van der Waals surface area contributed by atoms with Gasteiger partial charge in [-0.3, -0.25) is 14.5 Å². The van der Waals surface area contributed by atoms with Crippen molar-refractivity contribution >= 4 is 11.8 Å². The number of imidazole rings is 1. The van der Waals surface area contributed by atoms with Crippen LogP contribution in [0.2, 0.25) is 0 Å². The second-order valence-electron chi connectivity index (χ2n) is 7.23. The van der Waals surface area contributed by atoms with Crippen molar-refractivity contribution in [3.05, 3.63) is 18.2 Å². The first kappa shape index (κ1) is 15.6. The molecule has 7 heteroatoms. The van der Waals surface area contributed by atoms with Crippen LogP contribution >= 0.6 is 0 Å². The molecule has 7 nitrogen and oxygen atoms in total. The smallest absolute Gasteiger partial charge is 0.228 e. The molecule has 1 unspecified atom stereocenters. The van der Waals surface area contributed by atoms with Crippen molar-refractivity contribution < 1.29 is 9.59 Å². The fourth-order valence-electron chi connectivity index (χ4n) is 3.77. The largest absolute Gasteiger partial charge is 0.340 e. The number of hydrogen-bond donors (Lipinski definition) is 0. The third kappa shape index (κ3) is 3.05. The Bertz CT molecular complexity index is 631. The van der Waals surface area contributed by atoms with Gasteiger partial charge in [0.05, 0.1) is 12.5 Å². The molecule has 130 valence electrons. The molecule has 4 rings (SSSR count). The van der Waals surface area contributed by atoms with Gasteiger partial charge in [-0.05, 0) is 12.8 Å². The third-order valence-electron chi connectivity index (χ3n) is 5.47. The summed E-state index contributed by atoms with van der Waals surface area (Å²) in [4.78, 5) is 35.4. The second kappa shape index (κ2) is 6.20. The zero-order chi connectivity index (χ0) is 16.7. The average molecular weight is 331 g/mol. The lowest BCUT2D eigenvalue weighted by atomic mass is 10.1. The Balaban J connectivity index is 1.28. The zero-order valence-electron chi connectivity index (χ0n) is 14.2. The first-order chi connectivity index (χ1) is 11.6. The van der Waals surface area contributed by atoms with Gasteiger partial charge in [0.15, 0.2) is 0 Å². The maximum absolute atomic E-state index is 12.7. The molecule has 1 saturated carbocycles. The molecule has 1 aliphatic carbocycles. The number of rotatable bonds is 4. The van der Waals surface area contributed by atoms with Gasteiger partial charge in [0.25, 0.3) is 0 Å². The lowest BCUT2D eigenvalue weighted by Gasteiger charge is -2.35. The van der Waals surface area contributed by atoms with Gasteiger partial charge < -0.3 is 14.4 Å². The number of carbonyl (C=O) groups is 2. The minimum absolute atomic E-state index is 0.126. The molecule has 0 spiro atoms. The normalized spacial score (nSPS) is 25.5. The van der Waals surface area contributed by atoms with E-state index in [2.05, 4.69) is 9.88 Å². The molecule has 3 heterocycles. The Morgan fingerprint density at radius 2 is 2.00 bits per heavy atom. The van der Waals surface area contributed by atoms with E-state index in [1.54, 1.807) is 0 Å². The molecule has 2 saturated heterocycles. The molecular formula is C17H25N5O2. The molecule has 0 radical (unpaired) electrons. The minimum atomic E-state index is -0.126. The fourth-order valence-corrected chi connectivity index (χ4v) is 3.77. The van der Waals surface area contributed by atoms with Crippen LogP contribution in [0.1, 0.15) is 25.1 Å². The van der Waals surface area contributed by atoms with Crippen molar-refractivity contribution in [1.82, 2.24) is 24.3 Å². The molecule has 2 amide bonds. The SMILES string of the molecule is Cn1ccnc1CN1CCN(C(=O)C2CC(=O)N(C3CC3)C2)CC1. The number of carbonyl (C=O) groups excluding carboxylic acids is 2. The van der Waals surface area contributed by atoms with Crippen LogP contribution < -0.4 is 0 Å². The highest BCUT2D eigenvalue weighted by Gasteiger charge is 2.43. The summed E-state index contributed by atoms with van der Waals surface area (Å²) in [6.45, 7) is 4.69. The van der Waals surface area contributed by atoms with Crippen LogP contribution in [-0.4, -0.2) is 74.8 Å². The van der Waals surface area contributed by atoms with Crippen molar-refractivity contribution in [2.24, 2.45) is 13.0 Å². The van der Waals surface area contributed by atoms with E-state index in [-0.39, 0.29) is 17.7 Å². The van der Waals surface area contributed by atoms with E-state index in [1.165, 1.54) is 0 Å². The van der Waals surface area contributed by atoms with E-state index in [0.29, 0.717) is 19.0 Å². The highest BCUT2D eigenvalue weighted by atomic mass is 16.2. The fraction of sp³-hybridized carbons (Fsp3) is 0.706. The van der Waals surface area contributed by atoms with Gasteiger partial charge >= 0.3 is 0 Å². The first-order valence-corrected chi connectivity index (χ1v) is 8.88. The Morgan fingerprint density at radius 3 is 2.62 bits per heavy atom. The highest BCUT2D eigenvalue weighted by molar-refractivity contribution is 5.89. The Labute approximate surface area is 142 Å². The van der Waals surface area contributed by atoms with E-state index < -0.39 is 0 Å². The molecule has 0 aromatic carbocycles. The Hall–Kier alpha value is -1.89. The molecule has 3 fully saturated rings. The van der Waals surface area contributed by atoms with Crippen molar-refractivity contribution in [3.8, 4) is 0 Å². The summed E-state index contributed by atoms with van der Waals surface area (Å²) in [5.74, 6) is 1.27. The van der Waals surface area contributed by atoms with Gasteiger partial charge in [-0.25, -0.2) is 4.98 Å². The number of hydrogen-bond acceptors (Lipinski definition) is 4. The van der Waals surface area contributed by atoms with Gasteiger partial charge in [0.1, 0.15) is 5.82 Å². The number of aryl methyl sites for hydroxylation is 1. The molecule has 0 N–H and O–H groups in total. The Morgan fingerprint density at radius 1 is 1.25 bits per heavy atom.